The van der Waals surface area contributed by atoms with Crippen LogP contribution in [0, 0.1) is 11.7 Å². The van der Waals surface area contributed by atoms with Crippen LogP contribution < -0.4 is 14.4 Å². The van der Waals surface area contributed by atoms with Crippen LogP contribution in [-0.2, 0) is 11.3 Å². The Morgan fingerprint density at radius 2 is 1.84 bits per heavy atom. The van der Waals surface area contributed by atoms with E-state index in [0.29, 0.717) is 30.0 Å². The van der Waals surface area contributed by atoms with Gasteiger partial charge in [-0.2, -0.15) is 18.3 Å². The zero-order chi connectivity index (χ0) is 27.6. The number of rotatable bonds is 8. The van der Waals surface area contributed by atoms with E-state index in [4.69, 9.17) is 14.6 Å². The normalized spacial score (nSPS) is 23.8. The summed E-state index contributed by atoms with van der Waals surface area (Å²) in [6, 6.07) is 9.74. The van der Waals surface area contributed by atoms with Crippen LogP contribution in [0.5, 0.6) is 11.5 Å². The highest BCUT2D eigenvalue weighted by Gasteiger charge is 2.48. The molecular formula is C26H28F5N3O4. The number of anilines is 1. The molecule has 38 heavy (non-hydrogen) atoms. The average Bonchev–Trinajstić information content (AvgIpc) is 3.16. The molecule has 0 radical (unpaired) electrons. The molecule has 0 amide bonds. The summed E-state index contributed by atoms with van der Waals surface area (Å²) in [5.41, 5.74) is -0.159. The van der Waals surface area contributed by atoms with E-state index in [-0.39, 0.29) is 18.8 Å². The lowest BCUT2D eigenvalue weighted by Gasteiger charge is -2.36. The van der Waals surface area contributed by atoms with Gasteiger partial charge in [-0.05, 0) is 29.8 Å². The third kappa shape index (κ3) is 6.11. The van der Waals surface area contributed by atoms with Gasteiger partial charge in [0.2, 0.25) is 0 Å². The number of benzene rings is 2. The minimum atomic E-state index is -4.65. The molecule has 1 fully saturated rings. The van der Waals surface area contributed by atoms with Crippen molar-refractivity contribution in [2.24, 2.45) is 11.0 Å². The molecule has 0 aliphatic carbocycles. The maximum absolute atomic E-state index is 15.0. The molecule has 1 saturated heterocycles. The van der Waals surface area contributed by atoms with Gasteiger partial charge in [0.25, 0.3) is 0 Å². The predicted molar refractivity (Wildman–Crippen MR) is 130 cm³/mol. The number of methoxy groups -OCH3 is 1. The lowest BCUT2D eigenvalue weighted by atomic mass is 9.94. The second-order valence-electron chi connectivity index (χ2n) is 9.40. The van der Waals surface area contributed by atoms with Crippen molar-refractivity contribution in [3.63, 3.8) is 0 Å². The molecule has 0 aromatic heterocycles. The molecule has 2 aromatic rings. The Bertz CT molecular complexity index is 1170. The first kappa shape index (κ1) is 27.5. The van der Waals surface area contributed by atoms with Gasteiger partial charge in [0.15, 0.2) is 6.17 Å². The summed E-state index contributed by atoms with van der Waals surface area (Å²) in [5, 5.41) is 14.0. The number of piperidine rings is 1. The molecule has 2 aliphatic heterocycles. The van der Waals surface area contributed by atoms with Crippen LogP contribution in [0.3, 0.4) is 0 Å². The molecule has 0 spiro atoms. The predicted octanol–water partition coefficient (Wildman–Crippen LogP) is 5.04. The molecule has 4 atom stereocenters. The Morgan fingerprint density at radius 1 is 1.16 bits per heavy atom. The first-order chi connectivity index (χ1) is 18.0. The van der Waals surface area contributed by atoms with Crippen LogP contribution in [0.25, 0.3) is 0 Å². The third-order valence-electron chi connectivity index (χ3n) is 6.83. The van der Waals surface area contributed by atoms with Crippen molar-refractivity contribution in [1.82, 2.24) is 5.01 Å². The number of hydrazone groups is 1. The fourth-order valence-electron chi connectivity index (χ4n) is 4.80. The quantitative estimate of drug-likeness (QED) is 0.472. The van der Waals surface area contributed by atoms with Crippen molar-refractivity contribution in [3.05, 3.63) is 53.8 Å². The van der Waals surface area contributed by atoms with Crippen molar-refractivity contribution in [1.29, 1.82) is 0 Å². The summed E-state index contributed by atoms with van der Waals surface area (Å²) in [6.45, 7) is 1.59. The van der Waals surface area contributed by atoms with Crippen LogP contribution in [0.15, 0.2) is 47.6 Å². The van der Waals surface area contributed by atoms with E-state index >= 15 is 0 Å². The summed E-state index contributed by atoms with van der Waals surface area (Å²) in [7, 11) is 1.47. The molecular weight excluding hydrogens is 513 g/mol. The summed E-state index contributed by atoms with van der Waals surface area (Å²) in [5.74, 6) is -1.94. The largest absolute Gasteiger partial charge is 0.497 e. The molecule has 0 bridgehead atoms. The zero-order valence-electron chi connectivity index (χ0n) is 20.8. The van der Waals surface area contributed by atoms with Crippen LogP contribution >= 0.6 is 0 Å². The van der Waals surface area contributed by atoms with Gasteiger partial charge in [-0.25, -0.2) is 8.78 Å². The van der Waals surface area contributed by atoms with Crippen molar-refractivity contribution in [2.45, 2.75) is 50.8 Å². The van der Waals surface area contributed by atoms with Gasteiger partial charge in [0, 0.05) is 24.9 Å². The zero-order valence-corrected chi connectivity index (χ0v) is 20.8. The number of ether oxygens (including phenoxy) is 2. The number of carboxylic acid groups (broad SMARTS) is 1. The van der Waals surface area contributed by atoms with Gasteiger partial charge in [-0.1, -0.05) is 19.1 Å². The van der Waals surface area contributed by atoms with Gasteiger partial charge >= 0.3 is 12.1 Å². The summed E-state index contributed by atoms with van der Waals surface area (Å²) in [6.07, 6.45) is -6.99. The lowest BCUT2D eigenvalue weighted by molar-refractivity contribution is -0.138. The lowest BCUT2D eigenvalue weighted by Crippen LogP contribution is -2.47. The summed E-state index contributed by atoms with van der Waals surface area (Å²) >= 11 is 0. The van der Waals surface area contributed by atoms with Gasteiger partial charge in [0.05, 0.1) is 38.3 Å². The van der Waals surface area contributed by atoms with E-state index in [1.54, 1.807) is 29.2 Å². The number of alkyl halides is 4. The number of carbonyl (C=O) groups is 1. The second-order valence-corrected chi connectivity index (χ2v) is 9.40. The molecule has 4 rings (SSSR count). The monoisotopic (exact) mass is 541 g/mol. The Hall–Kier alpha value is -3.57. The minimum Gasteiger partial charge on any atom is -0.497 e. The molecule has 2 heterocycles. The molecule has 206 valence electrons. The maximum Gasteiger partial charge on any atom is 0.431 e. The summed E-state index contributed by atoms with van der Waals surface area (Å²) < 4.78 is 80.2. The van der Waals surface area contributed by atoms with Crippen molar-refractivity contribution in [3.8, 4) is 11.5 Å². The van der Waals surface area contributed by atoms with Crippen LogP contribution in [-0.4, -0.2) is 66.5 Å². The smallest absolute Gasteiger partial charge is 0.431 e. The van der Waals surface area contributed by atoms with Crippen molar-refractivity contribution >= 4 is 17.4 Å². The first-order valence-corrected chi connectivity index (χ1v) is 12.1. The molecule has 0 saturated carbocycles. The van der Waals surface area contributed by atoms with Gasteiger partial charge in [-0.3, -0.25) is 9.80 Å². The molecule has 2 aliphatic rings. The average molecular weight is 542 g/mol. The van der Waals surface area contributed by atoms with Crippen molar-refractivity contribution in [2.75, 3.05) is 25.1 Å². The number of hydrogen-bond donors (Lipinski definition) is 1. The van der Waals surface area contributed by atoms with Gasteiger partial charge in [-0.15, -0.1) is 0 Å². The van der Waals surface area contributed by atoms with Crippen LogP contribution in [0.4, 0.5) is 27.6 Å². The highest BCUT2D eigenvalue weighted by molar-refractivity contribution is 5.93. The molecule has 1 N–H and O–H groups in total. The first-order valence-electron chi connectivity index (χ1n) is 12.1. The Balaban J connectivity index is 1.38. The summed E-state index contributed by atoms with van der Waals surface area (Å²) in [4.78, 5) is 12.8. The number of aliphatic carboxylic acids is 1. The Kier molecular flexibility index (Phi) is 7.98. The Labute approximate surface area is 216 Å². The van der Waals surface area contributed by atoms with Crippen LogP contribution in [0.2, 0.25) is 0 Å². The third-order valence-corrected chi connectivity index (χ3v) is 6.83. The number of carboxylic acids is 1. The molecule has 7 nitrogen and oxygen atoms in total. The van der Waals surface area contributed by atoms with E-state index in [1.807, 2.05) is 0 Å². The van der Waals surface area contributed by atoms with E-state index in [2.05, 4.69) is 5.10 Å². The van der Waals surface area contributed by atoms with Crippen LogP contribution in [0.1, 0.15) is 25.3 Å². The number of halogens is 5. The Morgan fingerprint density at radius 3 is 2.45 bits per heavy atom. The highest BCUT2D eigenvalue weighted by atomic mass is 19.4. The highest BCUT2D eigenvalue weighted by Crippen LogP contribution is 2.35. The van der Waals surface area contributed by atoms with E-state index in [9.17, 15) is 26.7 Å². The van der Waals surface area contributed by atoms with E-state index < -0.39 is 54.3 Å². The number of nitrogens with zero attached hydrogens (tertiary/aromatic N) is 3. The minimum absolute atomic E-state index is 0.0294. The standard InChI is InChI=1S/C26H28F5N3O4/c1-15-21(12-24(35)36)34(32-25(15)26(29,30)31)13-16-3-5-17(6-4-16)38-23-9-10-33(14-20(23)28)22-11-18(37-2)7-8-19(22)27/h3-8,11,15,20-21,23H,9-10,12-14H2,1-2H3,(H,35,36)/t15-,20?,21-,23?/m0/s1. The van der Waals surface area contributed by atoms with Crippen molar-refractivity contribution < 1.29 is 41.3 Å². The van der Waals surface area contributed by atoms with Gasteiger partial charge in [0.1, 0.15) is 29.1 Å². The fourth-order valence-corrected chi connectivity index (χ4v) is 4.80. The topological polar surface area (TPSA) is 74.6 Å². The molecule has 2 unspecified atom stereocenters. The van der Waals surface area contributed by atoms with E-state index in [1.165, 1.54) is 32.2 Å². The number of hydrogen-bond acceptors (Lipinski definition) is 6. The fraction of sp³-hybridized carbons (Fsp3) is 0.462. The van der Waals surface area contributed by atoms with E-state index in [0.717, 1.165) is 5.01 Å². The molecule has 2 aromatic carbocycles. The SMILES string of the molecule is COc1ccc(F)c(N2CCC(Oc3ccc(CN4N=C(C(F)(F)F)[C@@H](C)[C@@H]4CC(=O)O)cc3)C(F)C2)c1. The molecule has 12 heteroatoms. The second kappa shape index (κ2) is 11.0. The maximum atomic E-state index is 15.0. The van der Waals surface area contributed by atoms with Gasteiger partial charge < -0.3 is 19.5 Å².